The third kappa shape index (κ3) is 2.31. The van der Waals surface area contributed by atoms with Gasteiger partial charge in [0.2, 0.25) is 0 Å². The van der Waals surface area contributed by atoms with Crippen LogP contribution in [0.3, 0.4) is 0 Å². The summed E-state index contributed by atoms with van der Waals surface area (Å²) in [6.07, 6.45) is 2.85. The second-order valence-electron chi connectivity index (χ2n) is 4.54. The molecule has 3 aliphatic heterocycles. The number of carbonyl (C=O) groups is 1. The molecule has 0 N–H and O–H groups in total. The Kier molecular flexibility index (Phi) is 4.29. The van der Waals surface area contributed by atoms with E-state index in [1.54, 1.807) is 0 Å². The van der Waals surface area contributed by atoms with Crippen LogP contribution in [0.4, 0.5) is 4.48 Å². The minimum Gasteiger partial charge on any atom is -0.365 e. The highest BCUT2D eigenvalue weighted by atomic mass is 31.0. The fraction of sp³-hybridized carbons (Fsp3) is 0.900. The minimum absolute atomic E-state index is 0.0436. The molecule has 7 atom stereocenters. The maximum atomic E-state index is 13.9. The van der Waals surface area contributed by atoms with Crippen molar-refractivity contribution in [1.82, 2.24) is 5.12 Å². The summed E-state index contributed by atoms with van der Waals surface area (Å²) in [5.74, 6) is 0. The van der Waals surface area contributed by atoms with E-state index in [1.807, 2.05) is 0 Å². The summed E-state index contributed by atoms with van der Waals surface area (Å²) in [5.41, 5.74) is 0.240. The van der Waals surface area contributed by atoms with Crippen molar-refractivity contribution in [3.63, 3.8) is 0 Å². The Labute approximate surface area is 99.8 Å². The number of carbonyl (C=O) groups excluding carboxylic acids is 1. The molecule has 3 aliphatic rings. The molecule has 92 valence electrons. The topological polar surface area (TPSA) is 29.5 Å². The Morgan fingerprint density at radius 3 is 2.75 bits per heavy atom. The molecular weight excluding hydrogens is 247 g/mol. The van der Waals surface area contributed by atoms with Gasteiger partial charge in [0.05, 0.1) is 12.1 Å². The Morgan fingerprint density at radius 2 is 2.06 bits per heavy atom. The van der Waals surface area contributed by atoms with Crippen molar-refractivity contribution in [2.75, 3.05) is 6.54 Å². The molecule has 0 saturated carbocycles. The molecule has 0 spiro atoms. The second-order valence-corrected chi connectivity index (χ2v) is 6.08. The molecule has 7 unspecified atom stereocenters. The normalized spacial score (nSPS) is 45.8. The highest BCUT2D eigenvalue weighted by Crippen LogP contribution is 2.37. The Bertz CT molecular complexity index is 269. The summed E-state index contributed by atoms with van der Waals surface area (Å²) in [6, 6.07) is -0.459. The van der Waals surface area contributed by atoms with Gasteiger partial charge in [-0.05, 0) is 19.3 Å². The maximum absolute atomic E-state index is 13.9. The van der Waals surface area contributed by atoms with Gasteiger partial charge in [-0.1, -0.05) is 0 Å². The zero-order valence-corrected chi connectivity index (χ0v) is 11.4. The van der Waals surface area contributed by atoms with Gasteiger partial charge < -0.3 is 9.53 Å². The third-order valence-electron chi connectivity index (χ3n) is 3.50. The van der Waals surface area contributed by atoms with Crippen molar-refractivity contribution in [3.8, 4) is 0 Å². The fourth-order valence-corrected chi connectivity index (χ4v) is 3.71. The van der Waals surface area contributed by atoms with Crippen molar-refractivity contribution in [2.24, 2.45) is 0 Å². The quantitative estimate of drug-likeness (QED) is 0.405. The van der Waals surface area contributed by atoms with Crippen molar-refractivity contribution in [3.05, 3.63) is 0 Å². The van der Waals surface area contributed by atoms with Crippen LogP contribution < -0.4 is 0 Å². The fourth-order valence-electron chi connectivity index (χ4n) is 2.54. The minimum atomic E-state index is -0.632. The molecule has 3 heterocycles. The van der Waals surface area contributed by atoms with E-state index in [9.17, 15) is 9.28 Å². The standard InChI is InChI=1S/C10H18FNO2P2/c11-12-4-2-1-3-6-9(15)10(16)8(12)7(5-13)14-6/h5-10H,1-4,15-16H2. The first-order chi connectivity index (χ1) is 7.65. The second kappa shape index (κ2) is 5.35. The first-order valence-corrected chi connectivity index (χ1v) is 7.03. The maximum Gasteiger partial charge on any atom is 0.150 e. The lowest BCUT2D eigenvalue weighted by Gasteiger charge is -2.43. The molecule has 3 rings (SSSR count). The van der Waals surface area contributed by atoms with Gasteiger partial charge in [-0.25, -0.2) is 0 Å². The van der Waals surface area contributed by atoms with Gasteiger partial charge in [0.1, 0.15) is 6.10 Å². The van der Waals surface area contributed by atoms with Crippen molar-refractivity contribution in [2.45, 2.75) is 48.8 Å². The van der Waals surface area contributed by atoms with E-state index < -0.39 is 12.1 Å². The number of hydrogen-bond donors (Lipinski definition) is 0. The molecule has 0 radical (unpaired) electrons. The smallest absolute Gasteiger partial charge is 0.150 e. The number of fused-ring (bicyclic) bond motifs is 6. The van der Waals surface area contributed by atoms with Crippen molar-refractivity contribution < 1.29 is 14.0 Å². The van der Waals surface area contributed by atoms with E-state index in [2.05, 4.69) is 18.5 Å². The van der Waals surface area contributed by atoms with E-state index in [-0.39, 0.29) is 17.4 Å². The number of nitrogens with zero attached hydrogens (tertiary/aromatic N) is 1. The van der Waals surface area contributed by atoms with Crippen LogP contribution in [0, 0.1) is 0 Å². The van der Waals surface area contributed by atoms with Gasteiger partial charge in [0.25, 0.3) is 0 Å². The molecule has 0 aromatic rings. The zero-order valence-electron chi connectivity index (χ0n) is 9.09. The molecule has 2 bridgehead atoms. The van der Waals surface area contributed by atoms with E-state index in [0.29, 0.717) is 6.54 Å². The predicted molar refractivity (Wildman–Crippen MR) is 67.2 cm³/mol. The average molecular weight is 265 g/mol. The summed E-state index contributed by atoms with van der Waals surface area (Å²) < 4.78 is 19.6. The van der Waals surface area contributed by atoms with Crippen LogP contribution in [-0.4, -0.2) is 47.5 Å². The highest BCUT2D eigenvalue weighted by Gasteiger charge is 2.45. The van der Waals surface area contributed by atoms with E-state index >= 15 is 0 Å². The summed E-state index contributed by atoms with van der Waals surface area (Å²) in [5, 5.41) is 0.787. The number of rotatable bonds is 1. The summed E-state index contributed by atoms with van der Waals surface area (Å²) in [4.78, 5) is 11.0. The third-order valence-corrected chi connectivity index (χ3v) is 5.66. The van der Waals surface area contributed by atoms with Gasteiger partial charge >= 0.3 is 0 Å². The van der Waals surface area contributed by atoms with Crippen molar-refractivity contribution in [1.29, 1.82) is 0 Å². The first kappa shape index (κ1) is 12.8. The van der Waals surface area contributed by atoms with E-state index in [1.165, 1.54) is 0 Å². The molecule has 16 heavy (non-hydrogen) atoms. The molecule has 3 saturated heterocycles. The lowest BCUT2D eigenvalue weighted by Crippen LogP contribution is -2.57. The van der Waals surface area contributed by atoms with Crippen LogP contribution in [-0.2, 0) is 9.53 Å². The SMILES string of the molecule is O=CC1OC2CCCCN(F)C1C(P)C2P. The van der Waals surface area contributed by atoms with Gasteiger partial charge in [-0.15, -0.1) is 28.1 Å². The van der Waals surface area contributed by atoms with Crippen LogP contribution in [0.2, 0.25) is 0 Å². The Hall–Kier alpha value is 0.380. The summed E-state index contributed by atoms with van der Waals surface area (Å²) in [6.45, 7) is 0.396. The number of hydrogen-bond acceptors (Lipinski definition) is 3. The molecule has 3 fully saturated rings. The van der Waals surface area contributed by atoms with Gasteiger partial charge in [0, 0.05) is 17.9 Å². The lowest BCUT2D eigenvalue weighted by atomic mass is 9.96. The Morgan fingerprint density at radius 1 is 1.31 bits per heavy atom. The van der Waals surface area contributed by atoms with E-state index in [4.69, 9.17) is 4.74 Å². The number of halogens is 1. The molecule has 6 heteroatoms. The van der Waals surface area contributed by atoms with E-state index in [0.717, 1.165) is 30.7 Å². The lowest BCUT2D eigenvalue weighted by molar-refractivity contribution is -0.151. The van der Waals surface area contributed by atoms with Crippen LogP contribution >= 0.6 is 18.5 Å². The molecule has 3 nitrogen and oxygen atoms in total. The van der Waals surface area contributed by atoms with Crippen LogP contribution in [0.5, 0.6) is 0 Å². The van der Waals surface area contributed by atoms with Crippen LogP contribution in [0.25, 0.3) is 0 Å². The van der Waals surface area contributed by atoms with Gasteiger partial charge in [-0.3, -0.25) is 0 Å². The van der Waals surface area contributed by atoms with Crippen molar-refractivity contribution >= 4 is 24.8 Å². The number of aldehydes is 1. The van der Waals surface area contributed by atoms with Gasteiger partial charge in [0.15, 0.2) is 6.29 Å². The average Bonchev–Trinajstić information content (AvgIpc) is 2.38. The molecular formula is C10H18FNO2P2. The first-order valence-electron chi connectivity index (χ1n) is 5.69. The number of ether oxygens (including phenoxy) is 1. The van der Waals surface area contributed by atoms with Crippen LogP contribution in [0.1, 0.15) is 19.3 Å². The Balaban J connectivity index is 2.27. The van der Waals surface area contributed by atoms with Crippen LogP contribution in [0.15, 0.2) is 0 Å². The molecule has 0 aromatic carbocycles. The predicted octanol–water partition coefficient (Wildman–Crippen LogP) is 1.18. The molecule has 0 amide bonds. The summed E-state index contributed by atoms with van der Waals surface area (Å²) >= 11 is 0. The highest BCUT2D eigenvalue weighted by molar-refractivity contribution is 7.23. The molecule has 0 aromatic heterocycles. The molecule has 0 aliphatic carbocycles. The zero-order chi connectivity index (χ0) is 11.7. The largest absolute Gasteiger partial charge is 0.365 e. The van der Waals surface area contributed by atoms with Gasteiger partial charge in [-0.2, -0.15) is 0 Å². The summed E-state index contributed by atoms with van der Waals surface area (Å²) in [7, 11) is 5.41. The monoisotopic (exact) mass is 265 g/mol.